The van der Waals surface area contributed by atoms with Gasteiger partial charge in [0.25, 0.3) is 0 Å². The molecule has 1 N–H and O–H groups in total. The Morgan fingerprint density at radius 2 is 2.33 bits per heavy atom. The number of hydrogen-bond donors (Lipinski definition) is 1. The second-order valence-electron chi connectivity index (χ2n) is 4.37. The van der Waals surface area contributed by atoms with Crippen molar-refractivity contribution in [3.05, 3.63) is 34.1 Å². The first-order chi connectivity index (χ1) is 8.68. The third kappa shape index (κ3) is 1.84. The van der Waals surface area contributed by atoms with Gasteiger partial charge < -0.3 is 10.1 Å². The van der Waals surface area contributed by atoms with Crippen molar-refractivity contribution in [1.29, 1.82) is 0 Å². The number of nitrogens with one attached hydrogen (secondary N) is 1. The number of fused-ring (bicyclic) bond motifs is 1. The zero-order chi connectivity index (χ0) is 12.7. The molecule has 2 saturated heterocycles. The van der Waals surface area contributed by atoms with Gasteiger partial charge in [-0.15, -0.1) is 0 Å². The monoisotopic (exact) mass is 314 g/mol. The summed E-state index contributed by atoms with van der Waals surface area (Å²) >= 11 is 3.34. The van der Waals surface area contributed by atoms with Crippen LogP contribution < -0.4 is 5.32 Å². The summed E-state index contributed by atoms with van der Waals surface area (Å²) in [6.45, 7) is 1.55. The van der Waals surface area contributed by atoms with Crippen molar-refractivity contribution in [3.8, 4) is 0 Å². The van der Waals surface area contributed by atoms with Crippen LogP contribution >= 0.6 is 15.9 Å². The number of carbonyl (C=O) groups excluding carboxylic acids is 1. The number of nitrogens with zero attached hydrogens (tertiary/aromatic N) is 1. The number of amides is 1. The lowest BCUT2D eigenvalue weighted by Crippen LogP contribution is -2.44. The average molecular weight is 315 g/mol. The molecule has 0 spiro atoms. The molecule has 2 fully saturated rings. The molecular weight excluding hydrogens is 303 g/mol. The third-order valence-corrected chi connectivity index (χ3v) is 4.05. The van der Waals surface area contributed by atoms with Crippen LogP contribution in [0.5, 0.6) is 0 Å². The molecule has 2 aliphatic heterocycles. The summed E-state index contributed by atoms with van der Waals surface area (Å²) in [6.07, 6.45) is -0.415. The van der Waals surface area contributed by atoms with Gasteiger partial charge >= 0.3 is 0 Å². The average Bonchev–Trinajstić information content (AvgIpc) is 2.68. The van der Waals surface area contributed by atoms with Crippen LogP contribution in [0, 0.1) is 5.82 Å². The smallest absolute Gasteiger partial charge is 0.241 e. The maximum absolute atomic E-state index is 13.9. The van der Waals surface area contributed by atoms with Crippen LogP contribution in [0.2, 0.25) is 0 Å². The molecule has 1 aromatic rings. The molecule has 0 bridgehead atoms. The van der Waals surface area contributed by atoms with E-state index in [0.717, 1.165) is 0 Å². The molecule has 2 heterocycles. The van der Waals surface area contributed by atoms with Crippen molar-refractivity contribution in [2.75, 3.05) is 19.8 Å². The molecule has 0 radical (unpaired) electrons. The second-order valence-corrected chi connectivity index (χ2v) is 5.23. The second kappa shape index (κ2) is 4.60. The first-order valence-corrected chi connectivity index (χ1v) is 6.55. The van der Waals surface area contributed by atoms with Crippen LogP contribution in [0.4, 0.5) is 4.39 Å². The van der Waals surface area contributed by atoms with Crippen LogP contribution in [0.1, 0.15) is 11.7 Å². The summed E-state index contributed by atoms with van der Waals surface area (Å²) in [6, 6.07) is 4.50. The molecular formula is C12H12BrFN2O2. The normalized spacial score (nSPS) is 28.0. The van der Waals surface area contributed by atoms with Gasteiger partial charge in [-0.3, -0.25) is 9.69 Å². The number of rotatable bonds is 1. The molecule has 18 heavy (non-hydrogen) atoms. The van der Waals surface area contributed by atoms with E-state index in [-0.39, 0.29) is 17.8 Å². The van der Waals surface area contributed by atoms with E-state index < -0.39 is 6.17 Å². The summed E-state index contributed by atoms with van der Waals surface area (Å²) in [4.78, 5) is 13.8. The highest BCUT2D eigenvalue weighted by atomic mass is 79.9. The molecule has 1 aromatic carbocycles. The molecule has 0 unspecified atom stereocenters. The minimum absolute atomic E-state index is 0.102. The number of halogens is 2. The number of hydrogen-bond acceptors (Lipinski definition) is 3. The van der Waals surface area contributed by atoms with Crippen LogP contribution in [0.25, 0.3) is 0 Å². The van der Waals surface area contributed by atoms with Crippen molar-refractivity contribution in [2.24, 2.45) is 0 Å². The Hall–Kier alpha value is -0.980. The van der Waals surface area contributed by atoms with Crippen molar-refractivity contribution < 1.29 is 13.9 Å². The van der Waals surface area contributed by atoms with E-state index in [0.29, 0.717) is 29.8 Å². The van der Waals surface area contributed by atoms with Gasteiger partial charge in [0, 0.05) is 16.6 Å². The number of morpholine rings is 1. The van der Waals surface area contributed by atoms with Gasteiger partial charge in [-0.1, -0.05) is 22.0 Å². The molecule has 2 aliphatic rings. The standard InChI is InChI=1S/C12H12BrFN2O2/c13-7-2-1-3-8(14)10(7)11-15-12(17)9-6-18-5-4-16(9)11/h1-3,9,11H,4-6H2,(H,15,17)/t9-,11+/m1/s1. The van der Waals surface area contributed by atoms with E-state index >= 15 is 0 Å². The maximum Gasteiger partial charge on any atom is 0.241 e. The van der Waals surface area contributed by atoms with Gasteiger partial charge in [-0.2, -0.15) is 0 Å². The van der Waals surface area contributed by atoms with Crippen molar-refractivity contribution in [3.63, 3.8) is 0 Å². The van der Waals surface area contributed by atoms with E-state index in [1.54, 1.807) is 12.1 Å². The Morgan fingerprint density at radius 1 is 1.50 bits per heavy atom. The fraction of sp³-hybridized carbons (Fsp3) is 0.417. The molecule has 0 aromatic heterocycles. The van der Waals surface area contributed by atoms with E-state index in [1.165, 1.54) is 6.07 Å². The van der Waals surface area contributed by atoms with Crippen molar-refractivity contribution in [2.45, 2.75) is 12.2 Å². The summed E-state index contributed by atoms with van der Waals surface area (Å²) < 4.78 is 19.9. The van der Waals surface area contributed by atoms with Gasteiger partial charge in [-0.05, 0) is 12.1 Å². The Labute approximate surface area is 112 Å². The highest BCUT2D eigenvalue weighted by Crippen LogP contribution is 2.33. The molecule has 4 nitrogen and oxygen atoms in total. The summed E-state index contributed by atoms with van der Waals surface area (Å²) in [7, 11) is 0. The third-order valence-electron chi connectivity index (χ3n) is 3.36. The Bertz CT molecular complexity index is 477. The Kier molecular flexibility index (Phi) is 3.09. The molecule has 3 rings (SSSR count). The van der Waals surface area contributed by atoms with Crippen LogP contribution in [0.3, 0.4) is 0 Å². The molecule has 0 aliphatic carbocycles. The minimum Gasteiger partial charge on any atom is -0.378 e. The highest BCUT2D eigenvalue weighted by molar-refractivity contribution is 9.10. The number of ether oxygens (including phenoxy) is 1. The first kappa shape index (κ1) is 12.1. The van der Waals surface area contributed by atoms with E-state index in [9.17, 15) is 9.18 Å². The maximum atomic E-state index is 13.9. The van der Waals surface area contributed by atoms with Crippen LogP contribution in [0.15, 0.2) is 22.7 Å². The molecule has 6 heteroatoms. The van der Waals surface area contributed by atoms with Gasteiger partial charge in [0.15, 0.2) is 0 Å². The Morgan fingerprint density at radius 3 is 3.11 bits per heavy atom. The molecule has 1 amide bonds. The predicted octanol–water partition coefficient (Wildman–Crippen LogP) is 1.42. The minimum atomic E-state index is -0.415. The number of benzene rings is 1. The zero-order valence-corrected chi connectivity index (χ0v) is 11.1. The number of carbonyl (C=O) groups is 1. The van der Waals surface area contributed by atoms with Crippen molar-refractivity contribution in [1.82, 2.24) is 10.2 Å². The summed E-state index contributed by atoms with van der Waals surface area (Å²) in [5.41, 5.74) is 0.482. The van der Waals surface area contributed by atoms with E-state index in [2.05, 4.69) is 21.2 Å². The summed E-state index contributed by atoms with van der Waals surface area (Å²) in [5, 5.41) is 2.83. The quantitative estimate of drug-likeness (QED) is 0.852. The molecule has 2 atom stereocenters. The lowest BCUT2D eigenvalue weighted by atomic mass is 10.1. The van der Waals surface area contributed by atoms with Gasteiger partial charge in [-0.25, -0.2) is 4.39 Å². The van der Waals surface area contributed by atoms with Crippen molar-refractivity contribution >= 4 is 21.8 Å². The van der Waals surface area contributed by atoms with E-state index in [4.69, 9.17) is 4.74 Å². The lowest BCUT2D eigenvalue weighted by molar-refractivity contribution is -0.125. The Balaban J connectivity index is 1.99. The predicted molar refractivity (Wildman–Crippen MR) is 66.3 cm³/mol. The lowest BCUT2D eigenvalue weighted by Gasteiger charge is -2.31. The zero-order valence-electron chi connectivity index (χ0n) is 9.53. The SMILES string of the molecule is O=C1N[C@H](c2c(F)cccc2Br)N2CCOC[C@H]12. The fourth-order valence-electron chi connectivity index (χ4n) is 2.48. The van der Waals surface area contributed by atoms with Crippen LogP contribution in [-0.4, -0.2) is 36.6 Å². The van der Waals surface area contributed by atoms with Gasteiger partial charge in [0.1, 0.15) is 18.0 Å². The molecule has 96 valence electrons. The van der Waals surface area contributed by atoms with Gasteiger partial charge in [0.2, 0.25) is 5.91 Å². The first-order valence-electron chi connectivity index (χ1n) is 5.76. The highest BCUT2D eigenvalue weighted by Gasteiger charge is 2.43. The van der Waals surface area contributed by atoms with E-state index in [1.807, 2.05) is 4.90 Å². The fourth-order valence-corrected chi connectivity index (χ4v) is 3.03. The topological polar surface area (TPSA) is 41.6 Å². The summed E-state index contributed by atoms with van der Waals surface area (Å²) in [5.74, 6) is -0.420. The van der Waals surface area contributed by atoms with Crippen LogP contribution in [-0.2, 0) is 9.53 Å². The van der Waals surface area contributed by atoms with Gasteiger partial charge in [0.05, 0.1) is 13.2 Å². The largest absolute Gasteiger partial charge is 0.378 e. The molecule has 0 saturated carbocycles.